The van der Waals surface area contributed by atoms with Gasteiger partial charge in [0.05, 0.1) is 6.54 Å². The highest BCUT2D eigenvalue weighted by Crippen LogP contribution is 2.13. The van der Waals surface area contributed by atoms with E-state index in [-0.39, 0.29) is 11.8 Å². The number of phenolic OH excluding ortho intramolecular Hbond substituents is 1. The van der Waals surface area contributed by atoms with Crippen LogP contribution in [-0.4, -0.2) is 49.2 Å². The third kappa shape index (κ3) is 7.38. The van der Waals surface area contributed by atoms with Crippen LogP contribution in [0.25, 0.3) is 0 Å². The van der Waals surface area contributed by atoms with Gasteiger partial charge in [-0.1, -0.05) is 42.5 Å². The highest BCUT2D eigenvalue weighted by Gasteiger charge is 2.12. The van der Waals surface area contributed by atoms with Crippen LogP contribution in [0, 0.1) is 11.5 Å². The van der Waals surface area contributed by atoms with Gasteiger partial charge in [0.1, 0.15) is 5.75 Å². The molecule has 2 aromatic rings. The van der Waals surface area contributed by atoms with Crippen molar-refractivity contribution in [2.24, 2.45) is 4.99 Å². The molecule has 2 aromatic carbocycles. The molecule has 1 atom stereocenters. The van der Waals surface area contributed by atoms with Gasteiger partial charge in [-0.25, -0.2) is 0 Å². The molecule has 27 heavy (non-hydrogen) atoms. The van der Waals surface area contributed by atoms with Crippen LogP contribution in [0.3, 0.4) is 0 Å². The second-order valence-corrected chi connectivity index (χ2v) is 6.58. The van der Waals surface area contributed by atoms with Crippen LogP contribution in [0.1, 0.15) is 11.1 Å². The highest BCUT2D eigenvalue weighted by atomic mass is 16.3. The van der Waals surface area contributed by atoms with Crippen molar-refractivity contribution in [3.8, 4) is 11.9 Å². The van der Waals surface area contributed by atoms with Gasteiger partial charge in [0.15, 0.2) is 6.19 Å². The number of hydrogen-bond donors (Lipinski definition) is 3. The molecule has 0 aliphatic heterocycles. The largest absolute Gasteiger partial charge is 0.508 e. The second-order valence-electron chi connectivity index (χ2n) is 6.58. The van der Waals surface area contributed by atoms with Gasteiger partial charge < -0.3 is 15.3 Å². The first kappa shape index (κ1) is 20.3. The predicted octanol–water partition coefficient (Wildman–Crippen LogP) is 2.12. The summed E-state index contributed by atoms with van der Waals surface area (Å²) in [5.41, 5.74) is 2.37. The molecule has 0 amide bonds. The molecule has 0 saturated heterocycles. The third-order valence-corrected chi connectivity index (χ3v) is 4.32. The summed E-state index contributed by atoms with van der Waals surface area (Å²) in [6.07, 6.45) is 3.61. The van der Waals surface area contributed by atoms with E-state index in [1.54, 1.807) is 12.1 Å². The van der Waals surface area contributed by atoms with E-state index in [1.807, 2.05) is 50.6 Å². The summed E-state index contributed by atoms with van der Waals surface area (Å²) in [5.74, 6) is 0.757. The number of nitrogens with zero attached hydrogens (tertiary/aromatic N) is 3. The van der Waals surface area contributed by atoms with Crippen molar-refractivity contribution in [3.05, 3.63) is 65.7 Å². The summed E-state index contributed by atoms with van der Waals surface area (Å²) in [5, 5.41) is 24.2. The standard InChI is InChI=1S/C21H27N5O/c1-26(2)19(14-18-8-10-20(27)11-9-18)15-24-21(25-16-22)23-13-12-17-6-4-3-5-7-17/h3-11,19,27H,12-15H2,1-2H3,(H2,23,24,25)/t19-/m0/s1. The van der Waals surface area contributed by atoms with Gasteiger partial charge in [0.2, 0.25) is 5.96 Å². The van der Waals surface area contributed by atoms with E-state index < -0.39 is 0 Å². The maximum Gasteiger partial charge on any atom is 0.204 e. The molecule has 0 bridgehead atoms. The lowest BCUT2D eigenvalue weighted by atomic mass is 10.1. The van der Waals surface area contributed by atoms with E-state index in [0.717, 1.165) is 18.4 Å². The Morgan fingerprint density at radius 3 is 2.44 bits per heavy atom. The summed E-state index contributed by atoms with van der Waals surface area (Å²) in [6.45, 7) is 1.25. The van der Waals surface area contributed by atoms with Gasteiger partial charge in [-0.2, -0.15) is 5.26 Å². The zero-order chi connectivity index (χ0) is 19.5. The normalized spacial score (nSPS) is 12.4. The van der Waals surface area contributed by atoms with Crippen molar-refractivity contribution in [3.63, 3.8) is 0 Å². The number of nitriles is 1. The topological polar surface area (TPSA) is 83.7 Å². The number of aromatic hydroxyl groups is 1. The van der Waals surface area contributed by atoms with Crippen molar-refractivity contribution >= 4 is 5.96 Å². The molecule has 6 nitrogen and oxygen atoms in total. The molecule has 2 rings (SSSR count). The maximum atomic E-state index is 9.42. The number of hydrogen-bond acceptors (Lipinski definition) is 4. The molecule has 0 aromatic heterocycles. The number of phenols is 1. The number of nitrogens with one attached hydrogen (secondary N) is 2. The van der Waals surface area contributed by atoms with E-state index in [2.05, 4.69) is 32.7 Å². The Morgan fingerprint density at radius 1 is 1.11 bits per heavy atom. The zero-order valence-corrected chi connectivity index (χ0v) is 15.9. The lowest BCUT2D eigenvalue weighted by molar-refractivity contribution is 0.298. The Balaban J connectivity index is 1.93. The molecule has 0 saturated carbocycles. The number of benzene rings is 2. The first-order valence-electron chi connectivity index (χ1n) is 9.00. The van der Waals surface area contributed by atoms with Crippen molar-refractivity contribution in [2.75, 3.05) is 27.2 Å². The number of guanidine groups is 1. The van der Waals surface area contributed by atoms with Crippen molar-refractivity contribution in [1.29, 1.82) is 5.26 Å². The minimum Gasteiger partial charge on any atom is -0.508 e. The Kier molecular flexibility index (Phi) is 8.14. The number of likely N-dealkylation sites (N-methyl/N-ethyl adjacent to an activating group) is 1. The molecule has 0 aliphatic carbocycles. The van der Waals surface area contributed by atoms with E-state index in [1.165, 1.54) is 5.56 Å². The summed E-state index contributed by atoms with van der Waals surface area (Å²) in [6, 6.07) is 17.6. The molecular formula is C21H27N5O. The summed E-state index contributed by atoms with van der Waals surface area (Å²) in [7, 11) is 4.03. The van der Waals surface area contributed by atoms with Gasteiger partial charge >= 0.3 is 0 Å². The van der Waals surface area contributed by atoms with Crippen LogP contribution in [0.4, 0.5) is 0 Å². The van der Waals surface area contributed by atoms with Gasteiger partial charge in [0.25, 0.3) is 0 Å². The molecule has 0 radical (unpaired) electrons. The molecule has 0 aliphatic rings. The first-order valence-corrected chi connectivity index (χ1v) is 9.00. The lowest BCUT2D eigenvalue weighted by Crippen LogP contribution is -2.38. The van der Waals surface area contributed by atoms with Crippen LogP contribution in [0.15, 0.2) is 59.6 Å². The second kappa shape index (κ2) is 10.8. The van der Waals surface area contributed by atoms with Gasteiger partial charge in [-0.3, -0.25) is 10.3 Å². The fraction of sp³-hybridized carbons (Fsp3) is 0.333. The van der Waals surface area contributed by atoms with Crippen LogP contribution in [0.5, 0.6) is 5.75 Å². The van der Waals surface area contributed by atoms with Gasteiger partial charge in [-0.15, -0.1) is 0 Å². The van der Waals surface area contributed by atoms with E-state index >= 15 is 0 Å². The van der Waals surface area contributed by atoms with Crippen LogP contribution in [-0.2, 0) is 12.8 Å². The van der Waals surface area contributed by atoms with Crippen molar-refractivity contribution in [1.82, 2.24) is 15.5 Å². The number of aliphatic imine (C=N–C) groups is 1. The number of rotatable bonds is 8. The van der Waals surface area contributed by atoms with Crippen molar-refractivity contribution < 1.29 is 5.11 Å². The van der Waals surface area contributed by atoms with Crippen LogP contribution in [0.2, 0.25) is 0 Å². The Morgan fingerprint density at radius 2 is 1.81 bits per heavy atom. The van der Waals surface area contributed by atoms with E-state index in [0.29, 0.717) is 19.0 Å². The monoisotopic (exact) mass is 365 g/mol. The maximum absolute atomic E-state index is 9.42. The minimum atomic E-state index is 0.181. The molecule has 6 heteroatoms. The fourth-order valence-corrected chi connectivity index (χ4v) is 2.67. The molecule has 0 fully saturated rings. The molecule has 0 spiro atoms. The Hall–Kier alpha value is -3.04. The van der Waals surface area contributed by atoms with E-state index in [4.69, 9.17) is 5.26 Å². The molecule has 0 unspecified atom stereocenters. The summed E-state index contributed by atoms with van der Waals surface area (Å²) in [4.78, 5) is 6.68. The average molecular weight is 365 g/mol. The molecular weight excluding hydrogens is 338 g/mol. The van der Waals surface area contributed by atoms with Crippen LogP contribution >= 0.6 is 0 Å². The van der Waals surface area contributed by atoms with Crippen molar-refractivity contribution in [2.45, 2.75) is 18.9 Å². The molecule has 0 heterocycles. The predicted molar refractivity (Wildman–Crippen MR) is 108 cm³/mol. The van der Waals surface area contributed by atoms with E-state index in [9.17, 15) is 5.11 Å². The SMILES string of the molecule is CN(C)[C@H](CN=C(NC#N)NCCc1ccccc1)Cc1ccc(O)cc1. The smallest absolute Gasteiger partial charge is 0.204 e. The first-order chi connectivity index (χ1) is 13.1. The molecule has 142 valence electrons. The van der Waals surface area contributed by atoms with Gasteiger partial charge in [-0.05, 0) is 50.2 Å². The van der Waals surface area contributed by atoms with Gasteiger partial charge in [0, 0.05) is 12.6 Å². The zero-order valence-electron chi connectivity index (χ0n) is 15.9. The average Bonchev–Trinajstić information content (AvgIpc) is 2.67. The fourth-order valence-electron chi connectivity index (χ4n) is 2.67. The highest BCUT2D eigenvalue weighted by molar-refractivity contribution is 5.81. The molecule has 3 N–H and O–H groups in total. The third-order valence-electron chi connectivity index (χ3n) is 4.32. The lowest BCUT2D eigenvalue weighted by Gasteiger charge is -2.23. The summed E-state index contributed by atoms with van der Waals surface area (Å²) >= 11 is 0. The van der Waals surface area contributed by atoms with Crippen LogP contribution < -0.4 is 10.6 Å². The minimum absolute atomic E-state index is 0.181. The summed E-state index contributed by atoms with van der Waals surface area (Å²) < 4.78 is 0. The quantitative estimate of drug-likeness (QED) is 0.289. The Bertz CT molecular complexity index is 750. The Labute approximate surface area is 161 Å².